The number of methoxy groups -OCH3 is 1. The molecular weight excluding hydrogens is 422 g/mol. The molecule has 0 atom stereocenters. The van der Waals surface area contributed by atoms with Crippen LogP contribution in [0.15, 0.2) is 42.5 Å². The van der Waals surface area contributed by atoms with Gasteiger partial charge in [0.1, 0.15) is 0 Å². The van der Waals surface area contributed by atoms with Gasteiger partial charge >= 0.3 is 0 Å². The number of ether oxygens (including phenoxy) is 2. The van der Waals surface area contributed by atoms with Crippen molar-refractivity contribution in [1.82, 2.24) is 15.1 Å². The van der Waals surface area contributed by atoms with E-state index in [1.54, 1.807) is 28.0 Å². The first-order chi connectivity index (χ1) is 15.8. The summed E-state index contributed by atoms with van der Waals surface area (Å²) in [7, 11) is 1.49. The molecule has 0 bridgehead atoms. The van der Waals surface area contributed by atoms with Crippen molar-refractivity contribution >= 4 is 17.7 Å². The zero-order chi connectivity index (χ0) is 24.0. The van der Waals surface area contributed by atoms with Crippen molar-refractivity contribution in [2.45, 2.75) is 26.8 Å². The Morgan fingerprint density at radius 3 is 1.97 bits per heavy atom. The van der Waals surface area contributed by atoms with E-state index < -0.39 is 0 Å². The quantitative estimate of drug-likeness (QED) is 0.696. The molecule has 1 heterocycles. The molecule has 0 spiro atoms. The highest BCUT2D eigenvalue weighted by molar-refractivity contribution is 5.96. The van der Waals surface area contributed by atoms with Gasteiger partial charge in [0.2, 0.25) is 0 Å². The van der Waals surface area contributed by atoms with Crippen molar-refractivity contribution in [3.63, 3.8) is 0 Å². The molecule has 8 nitrogen and oxygen atoms in total. The number of nitrogens with zero attached hydrogens (tertiary/aromatic N) is 2. The number of carbonyl (C=O) groups is 3. The first-order valence-corrected chi connectivity index (χ1v) is 11.0. The zero-order valence-electron chi connectivity index (χ0n) is 19.6. The Bertz CT molecular complexity index is 996. The maximum atomic E-state index is 13.0. The minimum atomic E-state index is -0.231. The molecule has 1 N–H and O–H groups in total. The van der Waals surface area contributed by atoms with Crippen LogP contribution in [0, 0.1) is 6.92 Å². The SMILES string of the molecule is COc1cc(C(=O)N2CCN(C(=O)c3ccc(C)cc3)CC2)ccc1OCC(=O)NC(C)C. The highest BCUT2D eigenvalue weighted by Gasteiger charge is 2.26. The molecule has 2 aromatic carbocycles. The third-order valence-electron chi connectivity index (χ3n) is 5.37. The van der Waals surface area contributed by atoms with E-state index in [0.29, 0.717) is 48.8 Å². The molecule has 0 aliphatic carbocycles. The number of benzene rings is 2. The summed E-state index contributed by atoms with van der Waals surface area (Å²) in [6.45, 7) is 7.44. The standard InChI is InChI=1S/C25H31N3O5/c1-17(2)26-23(29)16-33-21-10-9-20(15-22(21)32-4)25(31)28-13-11-27(12-14-28)24(30)19-7-5-18(3)6-8-19/h5-10,15,17H,11-14,16H2,1-4H3,(H,26,29). The second-order valence-corrected chi connectivity index (χ2v) is 8.33. The fourth-order valence-corrected chi connectivity index (χ4v) is 3.60. The van der Waals surface area contributed by atoms with Crippen LogP contribution in [0.1, 0.15) is 40.1 Å². The summed E-state index contributed by atoms with van der Waals surface area (Å²) in [5.74, 6) is 0.379. The van der Waals surface area contributed by atoms with Crippen molar-refractivity contribution in [2.75, 3.05) is 39.9 Å². The molecule has 0 saturated carbocycles. The van der Waals surface area contributed by atoms with Crippen LogP contribution in [0.4, 0.5) is 0 Å². The fraction of sp³-hybridized carbons (Fsp3) is 0.400. The topological polar surface area (TPSA) is 88.2 Å². The first-order valence-electron chi connectivity index (χ1n) is 11.0. The van der Waals surface area contributed by atoms with Gasteiger partial charge in [-0.3, -0.25) is 14.4 Å². The van der Waals surface area contributed by atoms with Crippen molar-refractivity contribution in [2.24, 2.45) is 0 Å². The lowest BCUT2D eigenvalue weighted by Gasteiger charge is -2.35. The van der Waals surface area contributed by atoms with Gasteiger partial charge in [0.05, 0.1) is 7.11 Å². The number of hydrogen-bond donors (Lipinski definition) is 1. The molecule has 1 aliphatic heterocycles. The van der Waals surface area contributed by atoms with Gasteiger partial charge in [-0.15, -0.1) is 0 Å². The molecule has 1 aliphatic rings. The Kier molecular flexibility index (Phi) is 7.92. The Balaban J connectivity index is 1.59. The second-order valence-electron chi connectivity index (χ2n) is 8.33. The molecule has 8 heteroatoms. The van der Waals surface area contributed by atoms with Gasteiger partial charge in [0.15, 0.2) is 18.1 Å². The summed E-state index contributed by atoms with van der Waals surface area (Å²) in [4.78, 5) is 41.0. The summed E-state index contributed by atoms with van der Waals surface area (Å²) in [6.07, 6.45) is 0. The van der Waals surface area contributed by atoms with Crippen LogP contribution in [-0.2, 0) is 4.79 Å². The molecule has 0 unspecified atom stereocenters. The van der Waals surface area contributed by atoms with Crippen LogP contribution in [0.25, 0.3) is 0 Å². The predicted molar refractivity (Wildman–Crippen MR) is 125 cm³/mol. The van der Waals surface area contributed by atoms with Crippen LogP contribution >= 0.6 is 0 Å². The van der Waals surface area contributed by atoms with Crippen molar-refractivity contribution in [3.8, 4) is 11.5 Å². The van der Waals surface area contributed by atoms with E-state index in [2.05, 4.69) is 5.32 Å². The van der Waals surface area contributed by atoms with E-state index in [1.165, 1.54) is 7.11 Å². The van der Waals surface area contributed by atoms with Crippen LogP contribution in [0.5, 0.6) is 11.5 Å². The van der Waals surface area contributed by atoms with Crippen LogP contribution in [0.2, 0.25) is 0 Å². The van der Waals surface area contributed by atoms with Crippen molar-refractivity contribution in [1.29, 1.82) is 0 Å². The van der Waals surface area contributed by atoms with Crippen molar-refractivity contribution in [3.05, 3.63) is 59.2 Å². The van der Waals surface area contributed by atoms with Gasteiger partial charge in [-0.25, -0.2) is 0 Å². The summed E-state index contributed by atoms with van der Waals surface area (Å²) >= 11 is 0. The Labute approximate surface area is 194 Å². The smallest absolute Gasteiger partial charge is 0.258 e. The maximum Gasteiger partial charge on any atom is 0.258 e. The minimum Gasteiger partial charge on any atom is -0.493 e. The van der Waals surface area contributed by atoms with Gasteiger partial charge in [-0.2, -0.15) is 0 Å². The molecule has 3 amide bonds. The summed E-state index contributed by atoms with van der Waals surface area (Å²) in [6, 6.07) is 12.4. The van der Waals surface area contributed by atoms with Crippen LogP contribution < -0.4 is 14.8 Å². The van der Waals surface area contributed by atoms with Gasteiger partial charge in [-0.1, -0.05) is 17.7 Å². The van der Waals surface area contributed by atoms with E-state index in [1.807, 2.05) is 45.0 Å². The number of hydrogen-bond acceptors (Lipinski definition) is 5. The molecule has 0 radical (unpaired) electrons. The molecular formula is C25H31N3O5. The lowest BCUT2D eigenvalue weighted by atomic mass is 10.1. The molecule has 1 saturated heterocycles. The third kappa shape index (κ3) is 6.25. The Morgan fingerprint density at radius 2 is 1.42 bits per heavy atom. The van der Waals surface area contributed by atoms with Crippen LogP contribution in [0.3, 0.4) is 0 Å². The predicted octanol–water partition coefficient (Wildman–Crippen LogP) is 2.51. The van der Waals surface area contributed by atoms with E-state index in [9.17, 15) is 14.4 Å². The molecule has 33 heavy (non-hydrogen) atoms. The number of nitrogens with one attached hydrogen (secondary N) is 1. The highest BCUT2D eigenvalue weighted by Crippen LogP contribution is 2.28. The monoisotopic (exact) mass is 453 g/mol. The maximum absolute atomic E-state index is 13.0. The molecule has 176 valence electrons. The van der Waals surface area contributed by atoms with E-state index >= 15 is 0 Å². The third-order valence-corrected chi connectivity index (χ3v) is 5.37. The molecule has 2 aromatic rings. The van der Waals surface area contributed by atoms with Crippen LogP contribution in [-0.4, -0.2) is 73.5 Å². The number of amides is 3. The fourth-order valence-electron chi connectivity index (χ4n) is 3.60. The first kappa shape index (κ1) is 24.1. The van der Waals surface area contributed by atoms with E-state index in [-0.39, 0.29) is 30.4 Å². The number of piperazine rings is 1. The number of carbonyl (C=O) groups excluding carboxylic acids is 3. The van der Waals surface area contributed by atoms with Gasteiger partial charge in [-0.05, 0) is 51.1 Å². The van der Waals surface area contributed by atoms with Crippen molar-refractivity contribution < 1.29 is 23.9 Å². The number of rotatable bonds is 7. The molecule has 1 fully saturated rings. The average Bonchev–Trinajstić information content (AvgIpc) is 2.82. The molecule has 3 rings (SSSR count). The zero-order valence-corrected chi connectivity index (χ0v) is 19.6. The minimum absolute atomic E-state index is 0.0215. The number of aryl methyl sites for hydroxylation is 1. The summed E-state index contributed by atoms with van der Waals surface area (Å²) in [5.41, 5.74) is 2.22. The van der Waals surface area contributed by atoms with Gasteiger partial charge in [0.25, 0.3) is 17.7 Å². The summed E-state index contributed by atoms with van der Waals surface area (Å²) in [5, 5.41) is 2.75. The Morgan fingerprint density at radius 1 is 0.879 bits per heavy atom. The van der Waals surface area contributed by atoms with Gasteiger partial charge in [0, 0.05) is 43.3 Å². The second kappa shape index (κ2) is 10.8. The van der Waals surface area contributed by atoms with Gasteiger partial charge < -0.3 is 24.6 Å². The summed E-state index contributed by atoms with van der Waals surface area (Å²) < 4.78 is 10.9. The highest BCUT2D eigenvalue weighted by atomic mass is 16.5. The normalized spacial score (nSPS) is 13.6. The molecule has 0 aromatic heterocycles. The lowest BCUT2D eigenvalue weighted by Crippen LogP contribution is -2.50. The lowest BCUT2D eigenvalue weighted by molar-refractivity contribution is -0.123. The average molecular weight is 454 g/mol. The van der Waals surface area contributed by atoms with E-state index in [0.717, 1.165) is 5.56 Å². The van der Waals surface area contributed by atoms with E-state index in [4.69, 9.17) is 9.47 Å². The Hall–Kier alpha value is -3.55. The largest absolute Gasteiger partial charge is 0.493 e.